The van der Waals surface area contributed by atoms with E-state index in [1.807, 2.05) is 6.92 Å². The lowest BCUT2D eigenvalue weighted by atomic mass is 10.0. The first-order chi connectivity index (χ1) is 8.90. The Balaban J connectivity index is 2.60. The fraction of sp³-hybridized carbons (Fsp3) is 0.600. The van der Waals surface area contributed by atoms with E-state index in [1.54, 1.807) is 12.1 Å². The highest BCUT2D eigenvalue weighted by Gasteiger charge is 2.14. The summed E-state index contributed by atoms with van der Waals surface area (Å²) in [6.45, 7) is 6.39. The fourth-order valence-corrected chi connectivity index (χ4v) is 2.06. The maximum Gasteiger partial charge on any atom is 0.265 e. The number of benzene rings is 1. The van der Waals surface area contributed by atoms with E-state index in [4.69, 9.17) is 5.73 Å². The summed E-state index contributed by atoms with van der Waals surface area (Å²) in [5.41, 5.74) is 6.39. The molecule has 0 saturated heterocycles. The van der Waals surface area contributed by atoms with Crippen LogP contribution in [-0.4, -0.2) is 6.04 Å². The highest BCUT2D eigenvalue weighted by atomic mass is 19.3. The number of anilines is 2. The molecule has 1 atom stereocenters. The van der Waals surface area contributed by atoms with Gasteiger partial charge in [-0.2, -0.15) is 0 Å². The van der Waals surface area contributed by atoms with E-state index in [0.29, 0.717) is 17.3 Å². The number of alkyl halides is 2. The van der Waals surface area contributed by atoms with Gasteiger partial charge in [-0.05, 0) is 37.5 Å². The lowest BCUT2D eigenvalue weighted by molar-refractivity contribution is 0.152. The zero-order valence-corrected chi connectivity index (χ0v) is 11.9. The van der Waals surface area contributed by atoms with Crippen LogP contribution in [0.1, 0.15) is 52.0 Å². The molecule has 4 heteroatoms. The number of nitrogens with two attached hydrogens (primary N) is 1. The van der Waals surface area contributed by atoms with E-state index in [1.165, 1.54) is 6.07 Å². The zero-order chi connectivity index (χ0) is 14.4. The SMILES string of the molecule is CC(C)CCCC(C)Nc1ccc(N)cc1C(F)F. The van der Waals surface area contributed by atoms with Crippen LogP contribution in [0.5, 0.6) is 0 Å². The summed E-state index contributed by atoms with van der Waals surface area (Å²) >= 11 is 0. The van der Waals surface area contributed by atoms with Gasteiger partial charge in [-0.15, -0.1) is 0 Å². The molecular formula is C15H24F2N2. The molecule has 0 aliphatic rings. The summed E-state index contributed by atoms with van der Waals surface area (Å²) in [5, 5.41) is 3.16. The maximum absolute atomic E-state index is 12.9. The lowest BCUT2D eigenvalue weighted by Gasteiger charge is -2.18. The Labute approximate surface area is 114 Å². The Morgan fingerprint density at radius 1 is 1.16 bits per heavy atom. The van der Waals surface area contributed by atoms with Crippen molar-refractivity contribution >= 4 is 11.4 Å². The summed E-state index contributed by atoms with van der Waals surface area (Å²) in [6.07, 6.45) is 0.736. The van der Waals surface area contributed by atoms with Gasteiger partial charge < -0.3 is 11.1 Å². The molecule has 0 saturated carbocycles. The second-order valence-electron chi connectivity index (χ2n) is 5.52. The highest BCUT2D eigenvalue weighted by Crippen LogP contribution is 2.29. The molecule has 0 aliphatic carbocycles. The van der Waals surface area contributed by atoms with Crippen molar-refractivity contribution in [3.05, 3.63) is 23.8 Å². The van der Waals surface area contributed by atoms with Crippen molar-refractivity contribution in [1.29, 1.82) is 0 Å². The van der Waals surface area contributed by atoms with Gasteiger partial charge in [0.05, 0.1) is 0 Å². The Bertz CT molecular complexity index is 392. The lowest BCUT2D eigenvalue weighted by Crippen LogP contribution is -2.16. The summed E-state index contributed by atoms with van der Waals surface area (Å²) in [4.78, 5) is 0. The van der Waals surface area contributed by atoms with Crippen LogP contribution in [0.2, 0.25) is 0 Å². The molecule has 108 valence electrons. The number of halogens is 2. The van der Waals surface area contributed by atoms with E-state index in [9.17, 15) is 8.78 Å². The van der Waals surface area contributed by atoms with Crippen molar-refractivity contribution < 1.29 is 8.78 Å². The van der Waals surface area contributed by atoms with Crippen molar-refractivity contribution in [3.63, 3.8) is 0 Å². The first-order valence-electron chi connectivity index (χ1n) is 6.84. The van der Waals surface area contributed by atoms with Gasteiger partial charge in [0.25, 0.3) is 6.43 Å². The monoisotopic (exact) mass is 270 g/mol. The van der Waals surface area contributed by atoms with Gasteiger partial charge in [-0.3, -0.25) is 0 Å². The number of nitrogens with one attached hydrogen (secondary N) is 1. The average Bonchev–Trinajstić information content (AvgIpc) is 2.30. The summed E-state index contributed by atoms with van der Waals surface area (Å²) in [6, 6.07) is 4.80. The third-order valence-corrected chi connectivity index (χ3v) is 3.13. The quantitative estimate of drug-likeness (QED) is 0.696. The Morgan fingerprint density at radius 2 is 1.84 bits per heavy atom. The molecule has 0 spiro atoms. The van der Waals surface area contributed by atoms with Crippen LogP contribution in [0.15, 0.2) is 18.2 Å². The van der Waals surface area contributed by atoms with Crippen molar-refractivity contribution in [2.45, 2.75) is 52.5 Å². The topological polar surface area (TPSA) is 38.0 Å². The molecule has 19 heavy (non-hydrogen) atoms. The number of hydrogen-bond acceptors (Lipinski definition) is 2. The van der Waals surface area contributed by atoms with E-state index >= 15 is 0 Å². The van der Waals surface area contributed by atoms with Crippen LogP contribution >= 0.6 is 0 Å². The molecule has 1 rings (SSSR count). The fourth-order valence-electron chi connectivity index (χ4n) is 2.06. The molecule has 0 aliphatic heterocycles. The Hall–Kier alpha value is -1.32. The maximum atomic E-state index is 12.9. The normalized spacial score (nSPS) is 13.0. The van der Waals surface area contributed by atoms with Crippen molar-refractivity contribution in [2.75, 3.05) is 11.1 Å². The second-order valence-corrected chi connectivity index (χ2v) is 5.52. The van der Waals surface area contributed by atoms with Crippen LogP contribution in [0.3, 0.4) is 0 Å². The van der Waals surface area contributed by atoms with Gasteiger partial charge in [0.15, 0.2) is 0 Å². The van der Waals surface area contributed by atoms with Crippen molar-refractivity contribution in [1.82, 2.24) is 0 Å². The van der Waals surface area contributed by atoms with E-state index in [-0.39, 0.29) is 11.6 Å². The Morgan fingerprint density at radius 3 is 2.42 bits per heavy atom. The average molecular weight is 270 g/mol. The molecule has 0 radical (unpaired) electrons. The van der Waals surface area contributed by atoms with Gasteiger partial charge in [0.2, 0.25) is 0 Å². The summed E-state index contributed by atoms with van der Waals surface area (Å²) in [5.74, 6) is 0.681. The number of rotatable bonds is 7. The minimum atomic E-state index is -2.51. The zero-order valence-electron chi connectivity index (χ0n) is 11.9. The molecule has 0 aromatic heterocycles. The minimum absolute atomic E-state index is 0.0179. The first-order valence-corrected chi connectivity index (χ1v) is 6.84. The van der Waals surface area contributed by atoms with Gasteiger partial charge in [-0.1, -0.05) is 26.7 Å². The van der Waals surface area contributed by atoms with Crippen LogP contribution in [-0.2, 0) is 0 Å². The molecule has 3 N–H and O–H groups in total. The first kappa shape index (κ1) is 15.7. The van der Waals surface area contributed by atoms with Crippen molar-refractivity contribution in [3.8, 4) is 0 Å². The highest BCUT2D eigenvalue weighted by molar-refractivity contribution is 5.59. The third kappa shape index (κ3) is 5.45. The molecule has 1 unspecified atom stereocenters. The van der Waals surface area contributed by atoms with Crippen LogP contribution < -0.4 is 11.1 Å². The number of hydrogen-bond donors (Lipinski definition) is 2. The van der Waals surface area contributed by atoms with Gasteiger partial charge in [0.1, 0.15) is 0 Å². The van der Waals surface area contributed by atoms with Crippen LogP contribution in [0, 0.1) is 5.92 Å². The van der Waals surface area contributed by atoms with Gasteiger partial charge in [0, 0.05) is 23.0 Å². The number of nitrogen functional groups attached to an aromatic ring is 1. The predicted molar refractivity (Wildman–Crippen MR) is 77.6 cm³/mol. The molecular weight excluding hydrogens is 246 g/mol. The summed E-state index contributed by atoms with van der Waals surface area (Å²) in [7, 11) is 0. The Kier molecular flexibility index (Phi) is 6.06. The second kappa shape index (κ2) is 7.31. The molecule has 0 amide bonds. The molecule has 0 bridgehead atoms. The van der Waals surface area contributed by atoms with E-state index in [2.05, 4.69) is 19.2 Å². The van der Waals surface area contributed by atoms with Gasteiger partial charge in [-0.25, -0.2) is 8.78 Å². The molecule has 1 aromatic carbocycles. The predicted octanol–water partition coefficient (Wildman–Crippen LogP) is 4.83. The molecule has 2 nitrogen and oxygen atoms in total. The molecule has 0 heterocycles. The summed E-state index contributed by atoms with van der Waals surface area (Å²) < 4.78 is 25.8. The smallest absolute Gasteiger partial charge is 0.265 e. The van der Waals surface area contributed by atoms with E-state index < -0.39 is 6.43 Å². The van der Waals surface area contributed by atoms with Crippen LogP contribution in [0.25, 0.3) is 0 Å². The van der Waals surface area contributed by atoms with Crippen LogP contribution in [0.4, 0.5) is 20.2 Å². The largest absolute Gasteiger partial charge is 0.399 e. The van der Waals surface area contributed by atoms with Gasteiger partial charge >= 0.3 is 0 Å². The minimum Gasteiger partial charge on any atom is -0.399 e. The standard InChI is InChI=1S/C15H24F2N2/c1-10(2)5-4-6-11(3)19-14-8-7-12(18)9-13(14)15(16)17/h7-11,15,19H,4-6,18H2,1-3H3. The molecule has 1 aromatic rings. The third-order valence-electron chi connectivity index (χ3n) is 3.13. The molecule has 0 fully saturated rings. The van der Waals surface area contributed by atoms with E-state index in [0.717, 1.165) is 19.3 Å². The van der Waals surface area contributed by atoms with Crippen molar-refractivity contribution in [2.24, 2.45) is 5.92 Å².